The van der Waals surface area contributed by atoms with Crippen molar-refractivity contribution < 1.29 is 19.4 Å². The van der Waals surface area contributed by atoms with Gasteiger partial charge in [0.25, 0.3) is 0 Å². The van der Waals surface area contributed by atoms with Gasteiger partial charge in [-0.25, -0.2) is 4.99 Å². The molecule has 4 N–H and O–H groups in total. The van der Waals surface area contributed by atoms with Gasteiger partial charge in [0.2, 0.25) is 0 Å². The summed E-state index contributed by atoms with van der Waals surface area (Å²) in [5.74, 6) is 1.56. The van der Waals surface area contributed by atoms with Crippen molar-refractivity contribution in [1.82, 2.24) is 15.0 Å². The van der Waals surface area contributed by atoms with Gasteiger partial charge in [-0.3, -0.25) is 4.79 Å². The van der Waals surface area contributed by atoms with Crippen molar-refractivity contribution in [1.29, 1.82) is 0 Å². The zero-order valence-electron chi connectivity index (χ0n) is 40.2. The van der Waals surface area contributed by atoms with Crippen molar-refractivity contribution in [3.8, 4) is 17.2 Å². The van der Waals surface area contributed by atoms with E-state index in [1.165, 1.54) is 39.0 Å². The number of aromatic hydroxyl groups is 1. The monoisotopic (exact) mass is 878 g/mol. The minimum atomic E-state index is -0.0591. The fourth-order valence-corrected chi connectivity index (χ4v) is 11.2. The maximum Gasteiger partial charge on any atom is 0.187 e. The molecule has 0 saturated carbocycles. The van der Waals surface area contributed by atoms with Crippen LogP contribution in [0, 0.1) is 0 Å². The van der Waals surface area contributed by atoms with Gasteiger partial charge in [0, 0.05) is 39.0 Å². The van der Waals surface area contributed by atoms with Gasteiger partial charge in [0.1, 0.15) is 17.2 Å². The molecule has 3 aromatic carbocycles. The van der Waals surface area contributed by atoms with Crippen LogP contribution in [0.4, 0.5) is 0 Å². The molecule has 0 unspecified atom stereocenters. The van der Waals surface area contributed by atoms with Gasteiger partial charge in [0.05, 0.1) is 42.4 Å². The van der Waals surface area contributed by atoms with E-state index in [1.807, 2.05) is 48.5 Å². The third-order valence-corrected chi connectivity index (χ3v) is 14.2. The lowest BCUT2D eigenvalue weighted by Crippen LogP contribution is -2.18. The predicted octanol–water partition coefficient (Wildman–Crippen LogP) is 11.4. The molecule has 5 heterocycles. The summed E-state index contributed by atoms with van der Waals surface area (Å²) in [6.45, 7) is 17.7. The maximum absolute atomic E-state index is 14.7. The number of ketones is 1. The summed E-state index contributed by atoms with van der Waals surface area (Å²) in [6.07, 6.45) is 14.3. The Morgan fingerprint density at radius 3 is 1.79 bits per heavy atom. The number of methoxy groups -OCH3 is 2. The lowest BCUT2D eigenvalue weighted by Gasteiger charge is -2.21. The van der Waals surface area contributed by atoms with E-state index >= 15 is 0 Å². The number of fused-ring (bicyclic) bond motifs is 9. The number of allylic oxidation sites excluding steroid dienone is 5. The first-order valence-electron chi connectivity index (χ1n) is 24.0. The van der Waals surface area contributed by atoms with Crippen molar-refractivity contribution in [3.05, 3.63) is 155 Å². The van der Waals surface area contributed by atoms with Gasteiger partial charge in [-0.05, 0) is 166 Å². The number of hydrogen-bond donors (Lipinski definition) is 4. The number of hydrogen-bond acceptors (Lipinski definition) is 5. The second-order valence-electron chi connectivity index (χ2n) is 17.4. The Morgan fingerprint density at radius 1 is 0.576 bits per heavy atom. The summed E-state index contributed by atoms with van der Waals surface area (Å²) in [7, 11) is 3.36. The van der Waals surface area contributed by atoms with E-state index in [-0.39, 0.29) is 11.5 Å². The molecule has 0 spiro atoms. The van der Waals surface area contributed by atoms with Crippen LogP contribution in [0.5, 0.6) is 17.2 Å². The van der Waals surface area contributed by atoms with Crippen LogP contribution in [0.1, 0.15) is 141 Å². The predicted molar refractivity (Wildman–Crippen MR) is 272 cm³/mol. The highest BCUT2D eigenvalue weighted by Crippen LogP contribution is 2.45. The van der Waals surface area contributed by atoms with Crippen molar-refractivity contribution in [2.45, 2.75) is 107 Å². The summed E-state index contributed by atoms with van der Waals surface area (Å²) in [4.78, 5) is 32.5. The van der Waals surface area contributed by atoms with Crippen molar-refractivity contribution in [2.75, 3.05) is 14.2 Å². The van der Waals surface area contributed by atoms with E-state index in [0.29, 0.717) is 11.3 Å². The first kappa shape index (κ1) is 44.4. The Bertz CT molecular complexity index is 3280. The van der Waals surface area contributed by atoms with Crippen molar-refractivity contribution >= 4 is 57.2 Å². The molecule has 3 aromatic heterocycles. The Labute approximate surface area is 388 Å². The van der Waals surface area contributed by atoms with Crippen LogP contribution in [0.2, 0.25) is 0 Å². The van der Waals surface area contributed by atoms with Crippen LogP contribution in [0.15, 0.2) is 76.4 Å². The molecule has 66 heavy (non-hydrogen) atoms. The quantitative estimate of drug-likeness (QED) is 0.0970. The highest BCUT2D eigenvalue weighted by atomic mass is 16.5. The number of carbonyl (C=O) groups is 1. The van der Waals surface area contributed by atoms with E-state index in [2.05, 4.69) is 88.6 Å². The first-order chi connectivity index (χ1) is 32.1. The van der Waals surface area contributed by atoms with E-state index in [4.69, 9.17) is 14.5 Å². The lowest BCUT2D eigenvalue weighted by molar-refractivity contribution is -0.109. The molecule has 8 heteroatoms. The molecule has 0 atom stereocenters. The van der Waals surface area contributed by atoms with Gasteiger partial charge in [-0.1, -0.05) is 79.7 Å². The fourth-order valence-electron chi connectivity index (χ4n) is 11.2. The zero-order valence-corrected chi connectivity index (χ0v) is 40.2. The molecule has 9 rings (SSSR count). The molecule has 338 valence electrons. The first-order valence-corrected chi connectivity index (χ1v) is 24.0. The largest absolute Gasteiger partial charge is 0.507 e. The number of phenolic OH excluding ortho intramolecular Hbond substituents is 1. The Morgan fingerprint density at radius 2 is 1.17 bits per heavy atom. The summed E-state index contributed by atoms with van der Waals surface area (Å²) in [5, 5.41) is 16.2. The van der Waals surface area contributed by atoms with Gasteiger partial charge in [-0.2, -0.15) is 0 Å². The Kier molecular flexibility index (Phi) is 12.0. The van der Waals surface area contributed by atoms with Gasteiger partial charge in [-0.15, -0.1) is 0 Å². The minimum Gasteiger partial charge on any atom is -0.507 e. The lowest BCUT2D eigenvalue weighted by atomic mass is 9.82. The number of benzene rings is 3. The molecular formula is C58H62N4O4. The molecule has 0 amide bonds. The summed E-state index contributed by atoms with van der Waals surface area (Å²) in [6, 6.07) is 15.9. The van der Waals surface area contributed by atoms with Crippen molar-refractivity contribution in [3.63, 3.8) is 0 Å². The van der Waals surface area contributed by atoms with Gasteiger partial charge < -0.3 is 29.5 Å². The number of H-pyrrole nitrogens is 3. The molecule has 1 aliphatic carbocycles. The highest BCUT2D eigenvalue weighted by Gasteiger charge is 2.35. The number of aromatic amines is 3. The average molecular weight is 879 g/mol. The van der Waals surface area contributed by atoms with Crippen LogP contribution in [-0.4, -0.2) is 45.8 Å². The van der Waals surface area contributed by atoms with E-state index in [1.54, 1.807) is 20.3 Å². The Hall–Kier alpha value is -6.80. The normalized spacial score (nSPS) is 17.8. The average Bonchev–Trinajstić information content (AvgIpc) is 4.09. The number of carbonyl (C=O) groups excluding carboxylic acids is 1. The second kappa shape index (κ2) is 17.9. The van der Waals surface area contributed by atoms with Crippen molar-refractivity contribution in [2.24, 2.45) is 4.99 Å². The molecule has 3 aliphatic rings. The number of rotatable bonds is 11. The molecule has 6 aromatic rings. The summed E-state index contributed by atoms with van der Waals surface area (Å²) in [5.41, 5.74) is 20.1. The molecule has 0 fully saturated rings. The smallest absolute Gasteiger partial charge is 0.187 e. The van der Waals surface area contributed by atoms with Gasteiger partial charge in [0.15, 0.2) is 5.78 Å². The third kappa shape index (κ3) is 6.95. The third-order valence-electron chi connectivity index (χ3n) is 14.2. The molecule has 8 nitrogen and oxygen atoms in total. The fraction of sp³-hybridized carbons (Fsp3) is 0.310. The Balaban J connectivity index is 1.54. The number of phenols is 1. The van der Waals surface area contributed by atoms with E-state index in [9.17, 15) is 9.90 Å². The SMILES string of the molecule is CCC1=C(CC)/C2=C/c3[nH]c(c(CC)c3CC)/C(c3c(O)ccc4ccc(OC)cc34)=c3\[nH]/c(c(CC)c3CC)=C\c3[nH]c(c(CC)c3CC)/C(=C3\C(=O)C=Cc4ccc(OC)cc43)C1=N2. The van der Waals surface area contributed by atoms with Crippen LogP contribution < -0.4 is 20.2 Å². The number of nitrogens with zero attached hydrogens (tertiary/aromatic N) is 1. The molecular weight excluding hydrogens is 817 g/mol. The molecule has 8 bridgehead atoms. The molecule has 0 radical (unpaired) electrons. The number of aromatic nitrogens is 3. The molecule has 2 aliphatic heterocycles. The summed E-state index contributed by atoms with van der Waals surface area (Å²) >= 11 is 0. The molecule has 0 saturated heterocycles. The number of aliphatic imine (C=N–C) groups is 1. The second-order valence-corrected chi connectivity index (χ2v) is 17.4. The highest BCUT2D eigenvalue weighted by molar-refractivity contribution is 6.49. The zero-order chi connectivity index (χ0) is 46.6. The van der Waals surface area contributed by atoms with E-state index in [0.717, 1.165) is 146 Å². The van der Waals surface area contributed by atoms with Crippen LogP contribution >= 0.6 is 0 Å². The van der Waals surface area contributed by atoms with Crippen LogP contribution in [0.25, 0.3) is 45.7 Å². The topological polar surface area (TPSA) is 115 Å². The standard InChI is InChI=1S/C58H62N4O4/c1-11-35-39(15-5)55-53(51-43-27-33(65-9)23-19-31(43)21-25-49(51)63)56-41(17-7)37(13-3)47(61-56)30-48-38(14-4)42(18-8)58(62-48)54(52-44-28-34(66-10)24-20-32(44)22-26-50(52)64)57-40(16-6)36(12-2)46(60-57)29-45(35)59-55/h19-30,59-61,63H,11-18H2,1-10H3/b45-29-,48-30-,54-52+,55-53-. The number of ether oxygens (including phenoxy) is 2. The van der Waals surface area contributed by atoms with E-state index < -0.39 is 0 Å². The maximum atomic E-state index is 14.7. The van der Waals surface area contributed by atoms with Gasteiger partial charge >= 0.3 is 0 Å². The summed E-state index contributed by atoms with van der Waals surface area (Å²) < 4.78 is 11.6. The number of nitrogens with one attached hydrogen (secondary N) is 3. The van der Waals surface area contributed by atoms with Crippen LogP contribution in [-0.2, 0) is 43.3 Å². The minimum absolute atomic E-state index is 0.0591. The van der Waals surface area contributed by atoms with Crippen LogP contribution in [0.3, 0.4) is 0 Å².